The van der Waals surface area contributed by atoms with Crippen molar-refractivity contribution in [1.29, 1.82) is 0 Å². The molecule has 0 N–H and O–H groups in total. The number of carbonyl (C=O) groups excluding carboxylic acids is 1. The molecule has 1 atom stereocenters. The van der Waals surface area contributed by atoms with Gasteiger partial charge in [0.15, 0.2) is 0 Å². The minimum absolute atomic E-state index is 0.223. The topological polar surface area (TPSA) is 51.1 Å². The van der Waals surface area contributed by atoms with Crippen LogP contribution in [0.25, 0.3) is 0 Å². The molecule has 0 unspecified atom stereocenters. The number of hydrogen-bond donors (Lipinski definition) is 0. The molecule has 0 aliphatic carbocycles. The largest absolute Gasteiger partial charge is 0.444 e. The van der Waals surface area contributed by atoms with E-state index >= 15 is 0 Å². The SMILES string of the molecule is CC(C)(C)OC(=O)N1CCC2=NOC[C@H]2CC1. The maximum atomic E-state index is 11.9. The van der Waals surface area contributed by atoms with Gasteiger partial charge in [-0.05, 0) is 27.2 Å². The first-order valence-corrected chi connectivity index (χ1v) is 6.12. The van der Waals surface area contributed by atoms with Crippen molar-refractivity contribution >= 4 is 11.8 Å². The maximum Gasteiger partial charge on any atom is 0.410 e. The predicted octanol–water partition coefficient (Wildman–Crippen LogP) is 2.02. The Hall–Kier alpha value is -1.26. The van der Waals surface area contributed by atoms with Gasteiger partial charge >= 0.3 is 6.09 Å². The molecule has 2 heterocycles. The van der Waals surface area contributed by atoms with E-state index in [0.717, 1.165) is 25.1 Å². The minimum atomic E-state index is -0.431. The molecule has 1 fully saturated rings. The van der Waals surface area contributed by atoms with Crippen LogP contribution >= 0.6 is 0 Å². The van der Waals surface area contributed by atoms with Crippen LogP contribution in [0.4, 0.5) is 4.79 Å². The molecule has 0 radical (unpaired) electrons. The number of carbonyl (C=O) groups is 1. The molecule has 1 saturated heterocycles. The fourth-order valence-corrected chi connectivity index (χ4v) is 2.06. The molecule has 2 aliphatic rings. The van der Waals surface area contributed by atoms with Gasteiger partial charge < -0.3 is 14.5 Å². The number of fused-ring (bicyclic) bond motifs is 1. The van der Waals surface area contributed by atoms with Gasteiger partial charge in [0.2, 0.25) is 0 Å². The molecule has 0 saturated carbocycles. The average molecular weight is 240 g/mol. The van der Waals surface area contributed by atoms with Gasteiger partial charge in [-0.15, -0.1) is 0 Å². The van der Waals surface area contributed by atoms with Crippen LogP contribution in [0.15, 0.2) is 5.16 Å². The molecule has 0 aromatic rings. The summed E-state index contributed by atoms with van der Waals surface area (Å²) in [7, 11) is 0. The van der Waals surface area contributed by atoms with Crippen molar-refractivity contribution in [1.82, 2.24) is 4.90 Å². The van der Waals surface area contributed by atoms with Crippen molar-refractivity contribution < 1.29 is 14.4 Å². The van der Waals surface area contributed by atoms with Gasteiger partial charge in [-0.2, -0.15) is 0 Å². The summed E-state index contributed by atoms with van der Waals surface area (Å²) in [5, 5.41) is 4.02. The number of nitrogens with zero attached hydrogens (tertiary/aromatic N) is 2. The Balaban J connectivity index is 1.93. The zero-order valence-electron chi connectivity index (χ0n) is 10.7. The summed E-state index contributed by atoms with van der Waals surface area (Å²) in [4.78, 5) is 18.8. The molecular formula is C12H20N2O3. The number of ether oxygens (including phenoxy) is 1. The smallest absolute Gasteiger partial charge is 0.410 e. The van der Waals surface area contributed by atoms with E-state index in [1.807, 2.05) is 20.8 Å². The molecule has 0 aromatic carbocycles. The van der Waals surface area contributed by atoms with E-state index in [4.69, 9.17) is 9.57 Å². The first-order chi connectivity index (χ1) is 7.96. The van der Waals surface area contributed by atoms with Crippen LogP contribution in [0.5, 0.6) is 0 Å². The zero-order chi connectivity index (χ0) is 12.5. The van der Waals surface area contributed by atoms with E-state index in [1.165, 1.54) is 0 Å². The quantitative estimate of drug-likeness (QED) is 0.651. The van der Waals surface area contributed by atoms with Gasteiger partial charge in [0.05, 0.1) is 5.71 Å². The lowest BCUT2D eigenvalue weighted by Crippen LogP contribution is -2.37. The monoisotopic (exact) mass is 240 g/mol. The van der Waals surface area contributed by atoms with Crippen molar-refractivity contribution in [2.75, 3.05) is 19.7 Å². The molecule has 0 aromatic heterocycles. The molecule has 2 aliphatic heterocycles. The van der Waals surface area contributed by atoms with Crippen LogP contribution in [-0.2, 0) is 9.57 Å². The lowest BCUT2D eigenvalue weighted by atomic mass is 10.0. The third-order valence-corrected chi connectivity index (χ3v) is 2.97. The fraction of sp³-hybridized carbons (Fsp3) is 0.833. The minimum Gasteiger partial charge on any atom is -0.444 e. The summed E-state index contributed by atoms with van der Waals surface area (Å²) in [5.74, 6) is 0.391. The molecule has 5 nitrogen and oxygen atoms in total. The third kappa shape index (κ3) is 3.11. The predicted molar refractivity (Wildman–Crippen MR) is 63.9 cm³/mol. The van der Waals surface area contributed by atoms with Gasteiger partial charge in [-0.1, -0.05) is 5.16 Å². The second-order valence-electron chi connectivity index (χ2n) is 5.58. The number of hydrogen-bond acceptors (Lipinski definition) is 4. The molecule has 2 rings (SSSR count). The Labute approximate surface area is 102 Å². The lowest BCUT2D eigenvalue weighted by molar-refractivity contribution is 0.0250. The molecule has 0 bridgehead atoms. The van der Waals surface area contributed by atoms with Gasteiger partial charge in [0.1, 0.15) is 12.2 Å². The summed E-state index contributed by atoms with van der Waals surface area (Å²) >= 11 is 0. The highest BCUT2D eigenvalue weighted by atomic mass is 16.6. The van der Waals surface area contributed by atoms with Gasteiger partial charge in [-0.3, -0.25) is 0 Å². The van der Waals surface area contributed by atoms with Crippen LogP contribution in [-0.4, -0.2) is 42.0 Å². The molecule has 1 amide bonds. The highest BCUT2D eigenvalue weighted by Crippen LogP contribution is 2.22. The van der Waals surface area contributed by atoms with Crippen LogP contribution in [0.3, 0.4) is 0 Å². The summed E-state index contributed by atoms with van der Waals surface area (Å²) in [6.45, 7) is 7.72. The second kappa shape index (κ2) is 4.55. The molecular weight excluding hydrogens is 220 g/mol. The maximum absolute atomic E-state index is 11.9. The Bertz CT molecular complexity index is 333. The average Bonchev–Trinajstić information content (AvgIpc) is 2.54. The number of amides is 1. The normalized spacial score (nSPS) is 24.5. The second-order valence-corrected chi connectivity index (χ2v) is 5.58. The highest BCUT2D eigenvalue weighted by molar-refractivity contribution is 5.88. The van der Waals surface area contributed by atoms with E-state index in [0.29, 0.717) is 19.1 Å². The van der Waals surface area contributed by atoms with Crippen molar-refractivity contribution in [2.45, 2.75) is 39.2 Å². The standard InChI is InChI=1S/C12H20N2O3/c1-12(2,3)17-11(15)14-6-4-9-8-16-13-10(9)5-7-14/h9H,4-8H2,1-3H3/t9-/m1/s1. The van der Waals surface area contributed by atoms with Crippen molar-refractivity contribution in [3.05, 3.63) is 0 Å². The Kier molecular flexibility index (Phi) is 3.26. The van der Waals surface area contributed by atoms with Crippen molar-refractivity contribution in [3.8, 4) is 0 Å². The van der Waals surface area contributed by atoms with Gasteiger partial charge in [0, 0.05) is 25.4 Å². The number of rotatable bonds is 0. The summed E-state index contributed by atoms with van der Waals surface area (Å²) in [6, 6.07) is 0. The first-order valence-electron chi connectivity index (χ1n) is 6.12. The van der Waals surface area contributed by atoms with E-state index in [9.17, 15) is 4.79 Å². The lowest BCUT2D eigenvalue weighted by Gasteiger charge is -2.26. The van der Waals surface area contributed by atoms with Gasteiger partial charge in [-0.25, -0.2) is 4.79 Å². The Morgan fingerprint density at radius 1 is 1.47 bits per heavy atom. The van der Waals surface area contributed by atoms with E-state index in [1.54, 1.807) is 4.90 Å². The number of likely N-dealkylation sites (tertiary alicyclic amines) is 1. The molecule has 5 heteroatoms. The summed E-state index contributed by atoms with van der Waals surface area (Å²) in [6.07, 6.45) is 1.49. The summed E-state index contributed by atoms with van der Waals surface area (Å²) in [5.41, 5.74) is 0.663. The van der Waals surface area contributed by atoms with E-state index in [-0.39, 0.29) is 6.09 Å². The highest BCUT2D eigenvalue weighted by Gasteiger charge is 2.30. The van der Waals surface area contributed by atoms with Crippen molar-refractivity contribution in [2.24, 2.45) is 11.1 Å². The third-order valence-electron chi connectivity index (χ3n) is 2.97. The summed E-state index contributed by atoms with van der Waals surface area (Å²) < 4.78 is 5.37. The fourth-order valence-electron chi connectivity index (χ4n) is 2.06. The van der Waals surface area contributed by atoms with Crippen LogP contribution in [0.2, 0.25) is 0 Å². The molecule has 96 valence electrons. The number of oxime groups is 1. The van der Waals surface area contributed by atoms with E-state index < -0.39 is 5.60 Å². The molecule has 0 spiro atoms. The van der Waals surface area contributed by atoms with Crippen molar-refractivity contribution in [3.63, 3.8) is 0 Å². The van der Waals surface area contributed by atoms with Crippen LogP contribution in [0, 0.1) is 5.92 Å². The van der Waals surface area contributed by atoms with Crippen LogP contribution < -0.4 is 0 Å². The Morgan fingerprint density at radius 3 is 2.94 bits per heavy atom. The van der Waals surface area contributed by atoms with Crippen LogP contribution in [0.1, 0.15) is 33.6 Å². The zero-order valence-corrected chi connectivity index (χ0v) is 10.7. The van der Waals surface area contributed by atoms with Gasteiger partial charge in [0.25, 0.3) is 0 Å². The Morgan fingerprint density at radius 2 is 2.24 bits per heavy atom. The first kappa shape index (κ1) is 12.2. The molecule has 17 heavy (non-hydrogen) atoms. The van der Waals surface area contributed by atoms with E-state index in [2.05, 4.69) is 5.16 Å².